The fourth-order valence-electron chi connectivity index (χ4n) is 5.35. The monoisotopic (exact) mass is 648 g/mol. The molecular weight excluding hydrogens is 615 g/mol. The van der Waals surface area contributed by atoms with Crippen LogP contribution in [-0.2, 0) is 19.6 Å². The standard InChI is InChI=1S/C30H32N4O6S.2ClH/c1-3-19-16-30(19,29(36)34-41(37,38)22-10-11-22)33-28(35)26-14-21(17-31-26)40-27-15-24(18-7-5-4-6-8-18)32-25-13-20(39-2)9-12-23(25)27;;/h3-9,12-13,15,19,21-22,26,31H,1,10-11,14,16-17H2,2H3,(H,33,35)(H,34,36);2*1H/t19-,21-,26+,30-;;/m1../s1. The number of ether oxygens (including phenoxy) is 2. The van der Waals surface area contributed by atoms with Crippen LogP contribution in [0.5, 0.6) is 11.5 Å². The summed E-state index contributed by atoms with van der Waals surface area (Å²) in [5.41, 5.74) is 1.10. The molecule has 1 aliphatic heterocycles. The lowest BCUT2D eigenvalue weighted by atomic mass is 10.1. The van der Waals surface area contributed by atoms with Crippen LogP contribution in [0.4, 0.5) is 0 Å². The van der Waals surface area contributed by atoms with E-state index in [4.69, 9.17) is 14.5 Å². The molecule has 13 heteroatoms. The van der Waals surface area contributed by atoms with E-state index < -0.39 is 32.8 Å². The third-order valence-electron chi connectivity index (χ3n) is 8.00. The van der Waals surface area contributed by atoms with E-state index in [-0.39, 0.29) is 42.7 Å². The SMILES string of the molecule is C=C[C@@H]1C[C@]1(NC(=O)[C@@H]1C[C@@H](Oc2cc(-c3ccccc3)nc3cc(OC)ccc23)CN1)C(=O)NS(=O)(=O)C1CC1.Cl.Cl. The number of amides is 2. The molecule has 4 atom stereocenters. The fraction of sp³-hybridized carbons (Fsp3) is 0.367. The van der Waals surface area contributed by atoms with Crippen molar-refractivity contribution in [1.82, 2.24) is 20.3 Å². The average molecular weight is 650 g/mol. The number of hydrogen-bond acceptors (Lipinski definition) is 8. The molecule has 2 heterocycles. The van der Waals surface area contributed by atoms with E-state index in [1.165, 1.54) is 0 Å². The van der Waals surface area contributed by atoms with Crippen molar-refractivity contribution in [3.8, 4) is 22.8 Å². The molecule has 3 aliphatic rings. The van der Waals surface area contributed by atoms with Crippen molar-refractivity contribution in [2.45, 2.75) is 48.6 Å². The minimum atomic E-state index is -3.74. The van der Waals surface area contributed by atoms with Crippen molar-refractivity contribution < 1.29 is 27.5 Å². The highest BCUT2D eigenvalue weighted by Crippen LogP contribution is 2.45. The Hall–Kier alpha value is -3.38. The number of sulfonamides is 1. The summed E-state index contributed by atoms with van der Waals surface area (Å²) in [5, 5.41) is 6.29. The number of methoxy groups -OCH3 is 1. The zero-order valence-electron chi connectivity index (χ0n) is 23.4. The van der Waals surface area contributed by atoms with Crippen molar-refractivity contribution in [3.63, 3.8) is 0 Å². The van der Waals surface area contributed by atoms with Crippen LogP contribution in [0.2, 0.25) is 0 Å². The molecule has 2 aromatic carbocycles. The smallest absolute Gasteiger partial charge is 0.259 e. The summed E-state index contributed by atoms with van der Waals surface area (Å²) in [6.45, 7) is 4.16. The van der Waals surface area contributed by atoms with Gasteiger partial charge >= 0.3 is 0 Å². The van der Waals surface area contributed by atoms with Crippen LogP contribution in [0, 0.1) is 5.92 Å². The summed E-state index contributed by atoms with van der Waals surface area (Å²) in [6.07, 6.45) is 2.99. The first kappa shape index (κ1) is 32.5. The number of rotatable bonds is 10. The second-order valence-electron chi connectivity index (χ2n) is 10.9. The van der Waals surface area contributed by atoms with Crippen LogP contribution in [0.1, 0.15) is 25.7 Å². The number of hydrogen-bond donors (Lipinski definition) is 3. The molecule has 1 saturated heterocycles. The largest absolute Gasteiger partial charge is 0.497 e. The van der Waals surface area contributed by atoms with Gasteiger partial charge in [0.15, 0.2) is 0 Å². The minimum Gasteiger partial charge on any atom is -0.497 e. The highest BCUT2D eigenvalue weighted by atomic mass is 35.5. The van der Waals surface area contributed by atoms with Gasteiger partial charge in [-0.25, -0.2) is 13.4 Å². The zero-order valence-corrected chi connectivity index (χ0v) is 25.9. The quantitative estimate of drug-likeness (QED) is 0.284. The maximum atomic E-state index is 13.3. The Morgan fingerprint density at radius 3 is 2.51 bits per heavy atom. The molecule has 230 valence electrons. The Bertz CT molecular complexity index is 1640. The number of fused-ring (bicyclic) bond motifs is 1. The summed E-state index contributed by atoms with van der Waals surface area (Å²) < 4.78 is 38.7. The predicted octanol–water partition coefficient (Wildman–Crippen LogP) is 3.53. The van der Waals surface area contributed by atoms with E-state index in [0.717, 1.165) is 22.2 Å². The molecule has 3 aromatic rings. The summed E-state index contributed by atoms with van der Waals surface area (Å²) in [7, 11) is -2.13. The van der Waals surface area contributed by atoms with Crippen LogP contribution >= 0.6 is 24.8 Å². The van der Waals surface area contributed by atoms with Gasteiger partial charge in [0.25, 0.3) is 5.91 Å². The molecule has 6 rings (SSSR count). The first-order valence-electron chi connectivity index (χ1n) is 13.7. The molecule has 0 radical (unpaired) electrons. The van der Waals surface area contributed by atoms with Crippen molar-refractivity contribution in [3.05, 3.63) is 67.3 Å². The Morgan fingerprint density at radius 2 is 1.86 bits per heavy atom. The van der Waals surface area contributed by atoms with Gasteiger partial charge in [0.1, 0.15) is 23.1 Å². The van der Waals surface area contributed by atoms with Gasteiger partial charge in [-0.15, -0.1) is 31.4 Å². The van der Waals surface area contributed by atoms with Crippen molar-refractivity contribution in [1.29, 1.82) is 0 Å². The van der Waals surface area contributed by atoms with Gasteiger partial charge in [-0.1, -0.05) is 36.4 Å². The minimum absolute atomic E-state index is 0. The number of carbonyl (C=O) groups is 2. The number of nitrogens with one attached hydrogen (secondary N) is 3. The molecule has 0 bridgehead atoms. The third-order valence-corrected chi connectivity index (χ3v) is 9.82. The van der Waals surface area contributed by atoms with E-state index in [2.05, 4.69) is 21.9 Å². The summed E-state index contributed by atoms with van der Waals surface area (Å²) >= 11 is 0. The Kier molecular flexibility index (Phi) is 9.60. The molecule has 0 spiro atoms. The van der Waals surface area contributed by atoms with Gasteiger partial charge in [-0.3, -0.25) is 14.3 Å². The number of nitrogens with zero attached hydrogens (tertiary/aromatic N) is 1. The van der Waals surface area contributed by atoms with Crippen molar-refractivity contribution >= 4 is 57.6 Å². The van der Waals surface area contributed by atoms with Crippen molar-refractivity contribution in [2.75, 3.05) is 13.7 Å². The lowest BCUT2D eigenvalue weighted by molar-refractivity contribution is -0.130. The number of aromatic nitrogens is 1. The van der Waals surface area contributed by atoms with Crippen LogP contribution in [0.15, 0.2) is 67.3 Å². The topological polar surface area (TPSA) is 136 Å². The highest BCUT2D eigenvalue weighted by molar-refractivity contribution is 7.91. The van der Waals surface area contributed by atoms with Crippen LogP contribution in [0.3, 0.4) is 0 Å². The van der Waals surface area contributed by atoms with Crippen LogP contribution in [0.25, 0.3) is 22.2 Å². The van der Waals surface area contributed by atoms with E-state index in [1.807, 2.05) is 54.6 Å². The maximum Gasteiger partial charge on any atom is 0.259 e. The predicted molar refractivity (Wildman–Crippen MR) is 168 cm³/mol. The molecule has 43 heavy (non-hydrogen) atoms. The number of benzene rings is 2. The third kappa shape index (κ3) is 6.59. The molecular formula is C30H34Cl2N4O6S. The number of halogens is 2. The normalized spacial score (nSPS) is 24.2. The Labute approximate surface area is 262 Å². The molecule has 2 aliphatic carbocycles. The lowest BCUT2D eigenvalue weighted by Crippen LogP contribution is -2.55. The van der Waals surface area contributed by atoms with E-state index >= 15 is 0 Å². The van der Waals surface area contributed by atoms with Gasteiger partial charge in [0, 0.05) is 42.0 Å². The molecule has 3 N–H and O–H groups in total. The summed E-state index contributed by atoms with van der Waals surface area (Å²) in [6, 6.07) is 16.7. The summed E-state index contributed by atoms with van der Waals surface area (Å²) in [5.74, 6) is -0.110. The molecule has 10 nitrogen and oxygen atoms in total. The van der Waals surface area contributed by atoms with Gasteiger partial charge < -0.3 is 20.1 Å². The second-order valence-corrected chi connectivity index (χ2v) is 12.8. The zero-order chi connectivity index (χ0) is 28.8. The molecule has 2 amide bonds. The van der Waals surface area contributed by atoms with Gasteiger partial charge in [-0.2, -0.15) is 0 Å². The maximum absolute atomic E-state index is 13.3. The average Bonchev–Trinajstić information content (AvgIpc) is 3.90. The summed E-state index contributed by atoms with van der Waals surface area (Å²) in [4.78, 5) is 31.1. The molecule has 3 fully saturated rings. The molecule has 1 aromatic heterocycles. The first-order valence-corrected chi connectivity index (χ1v) is 15.2. The Balaban J connectivity index is 0.00000212. The fourth-order valence-corrected chi connectivity index (χ4v) is 6.72. The van der Waals surface area contributed by atoms with Crippen LogP contribution in [-0.4, -0.2) is 61.8 Å². The lowest BCUT2D eigenvalue weighted by Gasteiger charge is -2.21. The Morgan fingerprint density at radius 1 is 1.12 bits per heavy atom. The van der Waals surface area contributed by atoms with E-state index in [1.54, 1.807) is 13.2 Å². The number of pyridine rings is 1. The molecule has 0 unspecified atom stereocenters. The van der Waals surface area contributed by atoms with Gasteiger partial charge in [0.2, 0.25) is 15.9 Å². The van der Waals surface area contributed by atoms with E-state index in [0.29, 0.717) is 43.7 Å². The first-order chi connectivity index (χ1) is 19.7. The van der Waals surface area contributed by atoms with Gasteiger partial charge in [-0.05, 0) is 31.4 Å². The second kappa shape index (κ2) is 12.7. The van der Waals surface area contributed by atoms with Crippen molar-refractivity contribution in [2.24, 2.45) is 5.92 Å². The van der Waals surface area contributed by atoms with E-state index in [9.17, 15) is 18.0 Å². The van der Waals surface area contributed by atoms with Gasteiger partial charge in [0.05, 0.1) is 29.6 Å². The van der Waals surface area contributed by atoms with Crippen LogP contribution < -0.4 is 24.8 Å². The highest BCUT2D eigenvalue weighted by Gasteiger charge is 2.61. The molecule has 2 saturated carbocycles. The number of carbonyl (C=O) groups excluding carboxylic acids is 2.